The smallest absolute Gasteiger partial charge is 0.425 e. The van der Waals surface area contributed by atoms with Gasteiger partial charge in [0, 0.05) is 23.4 Å². The summed E-state index contributed by atoms with van der Waals surface area (Å²) in [6.07, 6.45) is 6.02. The van der Waals surface area contributed by atoms with Crippen molar-refractivity contribution < 1.29 is 41.5 Å². The largest absolute Gasteiger partial charge is 0.443 e. The average molecular weight is 770 g/mol. The monoisotopic (exact) mass is 769 g/mol. The second kappa shape index (κ2) is 16.1. The molecule has 0 spiro atoms. The molecule has 0 unspecified atom stereocenters. The second-order valence-corrected chi connectivity index (χ2v) is 17.2. The van der Waals surface area contributed by atoms with Gasteiger partial charge >= 0.3 is 18.3 Å². The predicted molar refractivity (Wildman–Crippen MR) is 206 cm³/mol. The number of para-hydroxylation sites is 1. The Morgan fingerprint density at radius 1 is 0.891 bits per heavy atom. The molecular formula is C40H43N5O9S. The van der Waals surface area contributed by atoms with Gasteiger partial charge in [0.15, 0.2) is 27.1 Å². The molecule has 2 aromatic heterocycles. The first-order valence-corrected chi connectivity index (χ1v) is 18.9. The standard InChI is InChI=1S/C40H43N5O9S/c1-25(2)55(49,50)30-20-18-28(19-21-30)32-24-41-35(45(37(47)52-39(3,4)5)38(48)53-40(6,7)8)34(43-32)33-22-31(44-54-33)27-16-14-26(15-17-27)23-42-36(46)51-29-12-10-9-11-13-29/h9-14,16-25H,15H2,1-8H3,(H,42,46). The summed E-state index contributed by atoms with van der Waals surface area (Å²) in [5, 5.41) is 6.24. The number of benzene rings is 2. The van der Waals surface area contributed by atoms with Crippen LogP contribution in [0, 0.1) is 0 Å². The highest BCUT2D eigenvalue weighted by molar-refractivity contribution is 7.92. The van der Waals surface area contributed by atoms with Crippen molar-refractivity contribution in [3.05, 3.63) is 103 Å². The summed E-state index contributed by atoms with van der Waals surface area (Å²) in [6, 6.07) is 16.4. The SMILES string of the molecule is CC(C)S(=O)(=O)c1ccc(-c2cnc(N(C(=O)OC(C)(C)C)C(=O)OC(C)(C)C)c(-c3cc(C4=CCC(=CNC(=O)Oc5ccccc5)C=C4)no3)n2)cc1. The average Bonchev–Trinajstić information content (AvgIpc) is 3.60. The van der Waals surface area contributed by atoms with Gasteiger partial charge in [-0.3, -0.25) is 5.32 Å². The summed E-state index contributed by atoms with van der Waals surface area (Å²) in [6.45, 7) is 13.1. The predicted octanol–water partition coefficient (Wildman–Crippen LogP) is 8.67. The number of amides is 3. The normalized spacial score (nSPS) is 14.0. The Morgan fingerprint density at radius 2 is 1.53 bits per heavy atom. The van der Waals surface area contributed by atoms with E-state index in [1.165, 1.54) is 18.3 Å². The molecule has 2 heterocycles. The van der Waals surface area contributed by atoms with Crippen molar-refractivity contribution in [3.63, 3.8) is 0 Å². The highest BCUT2D eigenvalue weighted by Crippen LogP contribution is 2.35. The lowest BCUT2D eigenvalue weighted by atomic mass is 10.0. The van der Waals surface area contributed by atoms with E-state index in [9.17, 15) is 22.8 Å². The van der Waals surface area contributed by atoms with Crippen molar-refractivity contribution in [1.29, 1.82) is 0 Å². The Hall–Kier alpha value is -6.09. The van der Waals surface area contributed by atoms with Crippen LogP contribution in [0.4, 0.5) is 20.2 Å². The number of hydrogen-bond donors (Lipinski definition) is 1. The molecule has 0 aliphatic heterocycles. The molecule has 0 radical (unpaired) electrons. The molecule has 288 valence electrons. The molecule has 0 saturated carbocycles. The van der Waals surface area contributed by atoms with E-state index in [4.69, 9.17) is 23.7 Å². The summed E-state index contributed by atoms with van der Waals surface area (Å²) in [4.78, 5) is 49.6. The minimum Gasteiger partial charge on any atom is -0.443 e. The first kappa shape index (κ1) is 40.1. The minimum atomic E-state index is -3.53. The van der Waals surface area contributed by atoms with Gasteiger partial charge in [0.25, 0.3) is 0 Å². The fourth-order valence-corrected chi connectivity index (χ4v) is 6.02. The van der Waals surface area contributed by atoms with Gasteiger partial charge < -0.3 is 18.7 Å². The maximum Gasteiger partial charge on any atom is 0.425 e. The Labute approximate surface area is 319 Å². The van der Waals surface area contributed by atoms with Gasteiger partial charge in [0.1, 0.15) is 22.6 Å². The Kier molecular flexibility index (Phi) is 11.7. The molecule has 55 heavy (non-hydrogen) atoms. The van der Waals surface area contributed by atoms with Crippen molar-refractivity contribution >= 4 is 39.5 Å². The molecule has 4 aromatic rings. The van der Waals surface area contributed by atoms with Crippen LogP contribution in [0.25, 0.3) is 28.3 Å². The summed E-state index contributed by atoms with van der Waals surface area (Å²) in [5.41, 5.74) is 0.628. The number of nitrogens with zero attached hydrogens (tertiary/aromatic N) is 4. The quantitative estimate of drug-likeness (QED) is 0.180. The Morgan fingerprint density at radius 3 is 2.09 bits per heavy atom. The number of aromatic nitrogens is 3. The van der Waals surface area contributed by atoms with Gasteiger partial charge in [0.05, 0.1) is 22.0 Å². The summed E-state index contributed by atoms with van der Waals surface area (Å²) in [5.74, 6) is 0.215. The van der Waals surface area contributed by atoms with E-state index in [0.717, 1.165) is 5.57 Å². The van der Waals surface area contributed by atoms with Gasteiger partial charge in [-0.25, -0.2) is 32.8 Å². The molecule has 15 heteroatoms. The number of carbonyl (C=O) groups excluding carboxylic acids is 3. The lowest BCUT2D eigenvalue weighted by Crippen LogP contribution is -2.44. The molecule has 0 saturated heterocycles. The van der Waals surface area contributed by atoms with Crippen LogP contribution < -0.4 is 15.0 Å². The van der Waals surface area contributed by atoms with Gasteiger partial charge in [-0.2, -0.15) is 4.90 Å². The van der Waals surface area contributed by atoms with E-state index in [1.54, 1.807) is 116 Å². The third kappa shape index (κ3) is 10.3. The molecule has 0 bridgehead atoms. The molecule has 2 aromatic carbocycles. The van der Waals surface area contributed by atoms with Crippen LogP contribution >= 0.6 is 0 Å². The maximum absolute atomic E-state index is 13.7. The van der Waals surface area contributed by atoms with E-state index >= 15 is 0 Å². The minimum absolute atomic E-state index is 0.0473. The van der Waals surface area contributed by atoms with Crippen molar-refractivity contribution in [3.8, 4) is 28.5 Å². The highest BCUT2D eigenvalue weighted by Gasteiger charge is 2.37. The lowest BCUT2D eigenvalue weighted by molar-refractivity contribution is 0.0428. The number of carbonyl (C=O) groups is 3. The van der Waals surface area contributed by atoms with E-state index in [1.807, 2.05) is 12.1 Å². The fraction of sp³-hybridized carbons (Fsp3) is 0.300. The van der Waals surface area contributed by atoms with E-state index in [-0.39, 0.29) is 27.9 Å². The number of nitrogens with one attached hydrogen (secondary N) is 1. The zero-order valence-corrected chi connectivity index (χ0v) is 32.6. The van der Waals surface area contributed by atoms with Crippen molar-refractivity contribution in [2.24, 2.45) is 0 Å². The summed E-state index contributed by atoms with van der Waals surface area (Å²) < 4.78 is 47.7. The van der Waals surface area contributed by atoms with Crippen molar-refractivity contribution in [1.82, 2.24) is 20.4 Å². The zero-order valence-electron chi connectivity index (χ0n) is 31.8. The van der Waals surface area contributed by atoms with E-state index < -0.39 is 44.6 Å². The van der Waals surface area contributed by atoms with Crippen LogP contribution in [0.15, 0.2) is 106 Å². The van der Waals surface area contributed by atoms with Gasteiger partial charge in [-0.05, 0) is 91.6 Å². The van der Waals surface area contributed by atoms with Gasteiger partial charge in [0.2, 0.25) is 0 Å². The second-order valence-electron chi connectivity index (χ2n) is 14.7. The first-order valence-electron chi connectivity index (χ1n) is 17.4. The zero-order chi connectivity index (χ0) is 40.1. The molecule has 5 rings (SSSR count). The molecule has 1 N–H and O–H groups in total. The molecule has 1 aliphatic rings. The van der Waals surface area contributed by atoms with Crippen LogP contribution in [0.2, 0.25) is 0 Å². The third-order valence-corrected chi connectivity index (χ3v) is 9.79. The van der Waals surface area contributed by atoms with Crippen molar-refractivity contribution in [2.75, 3.05) is 4.90 Å². The number of ether oxygens (including phenoxy) is 3. The molecule has 0 atom stereocenters. The Bertz CT molecular complexity index is 2240. The molecule has 3 amide bonds. The van der Waals surface area contributed by atoms with Crippen LogP contribution in [0.3, 0.4) is 0 Å². The lowest BCUT2D eigenvalue weighted by Gasteiger charge is -2.28. The summed E-state index contributed by atoms with van der Waals surface area (Å²) in [7, 11) is -3.53. The maximum atomic E-state index is 13.7. The number of anilines is 1. The topological polar surface area (TPSA) is 180 Å². The molecule has 1 aliphatic carbocycles. The summed E-state index contributed by atoms with van der Waals surface area (Å²) >= 11 is 0. The van der Waals surface area contributed by atoms with E-state index in [2.05, 4.69) is 15.5 Å². The first-order chi connectivity index (χ1) is 25.8. The number of imide groups is 1. The fourth-order valence-electron chi connectivity index (χ4n) is 4.96. The molecule has 14 nitrogen and oxygen atoms in total. The van der Waals surface area contributed by atoms with Crippen molar-refractivity contribution in [2.45, 2.75) is 83.2 Å². The third-order valence-electron chi connectivity index (χ3n) is 7.62. The Balaban J connectivity index is 1.50. The van der Waals surface area contributed by atoms with Crippen LogP contribution in [0.1, 0.15) is 67.5 Å². The molecule has 0 fully saturated rings. The van der Waals surface area contributed by atoms with Crippen LogP contribution in [0.5, 0.6) is 5.75 Å². The molecular weight excluding hydrogens is 727 g/mol. The number of hydrogen-bond acceptors (Lipinski definition) is 12. The van der Waals surface area contributed by atoms with Gasteiger partial charge in [-0.1, -0.05) is 53.7 Å². The van der Waals surface area contributed by atoms with Gasteiger partial charge in [-0.15, -0.1) is 0 Å². The van der Waals surface area contributed by atoms with E-state index in [0.29, 0.717) is 33.9 Å². The highest BCUT2D eigenvalue weighted by atomic mass is 32.2. The van der Waals surface area contributed by atoms with Crippen LogP contribution in [-0.4, -0.2) is 58.3 Å². The number of rotatable bonds is 8. The van der Waals surface area contributed by atoms with Crippen LogP contribution in [-0.2, 0) is 19.3 Å². The number of allylic oxidation sites excluding steroid dienone is 5. The number of sulfone groups is 1.